The Morgan fingerprint density at radius 2 is 1.71 bits per heavy atom. The molecule has 1 aromatic heterocycles. The molecular weight excluding hydrogens is 526 g/mol. The Balaban J connectivity index is 1.48. The first-order valence-corrected chi connectivity index (χ1v) is 14.2. The molecule has 9 nitrogen and oxygen atoms in total. The lowest BCUT2D eigenvalue weighted by molar-refractivity contribution is 0.0997. The zero-order chi connectivity index (χ0) is 26.9. The summed E-state index contributed by atoms with van der Waals surface area (Å²) in [6.45, 7) is 1.29. The number of rotatable bonds is 8. The molecule has 0 saturated heterocycles. The number of nitrogens with zero attached hydrogens (tertiary/aromatic N) is 3. The topological polar surface area (TPSA) is 99.4 Å². The van der Waals surface area contributed by atoms with Crippen molar-refractivity contribution < 1.29 is 27.4 Å². The molecule has 0 aliphatic carbocycles. The van der Waals surface area contributed by atoms with Crippen LogP contribution >= 0.6 is 11.3 Å². The number of ether oxygens (including phenoxy) is 3. The number of hydrogen-bond acceptors (Lipinski definition) is 7. The molecule has 0 radical (unpaired) electrons. The van der Waals surface area contributed by atoms with Crippen LogP contribution in [0, 0.1) is 0 Å². The van der Waals surface area contributed by atoms with Crippen molar-refractivity contribution in [1.82, 2.24) is 4.57 Å². The average molecular weight is 554 g/mol. The van der Waals surface area contributed by atoms with Crippen molar-refractivity contribution in [3.63, 3.8) is 0 Å². The first-order chi connectivity index (χ1) is 18.4. The number of hydrogen-bond donors (Lipinski definition) is 0. The third kappa shape index (κ3) is 4.68. The van der Waals surface area contributed by atoms with E-state index in [9.17, 15) is 13.2 Å². The predicted molar refractivity (Wildman–Crippen MR) is 146 cm³/mol. The normalized spacial score (nSPS) is 13.7. The number of para-hydroxylation sites is 1. The molecule has 0 atom stereocenters. The van der Waals surface area contributed by atoms with Crippen LogP contribution in [0.2, 0.25) is 0 Å². The van der Waals surface area contributed by atoms with Gasteiger partial charge in [-0.3, -0.25) is 9.10 Å². The number of fused-ring (bicyclic) bond motifs is 2. The minimum Gasteiger partial charge on any atom is -0.493 e. The Bertz CT molecular complexity index is 1670. The molecule has 0 bridgehead atoms. The molecule has 38 heavy (non-hydrogen) atoms. The van der Waals surface area contributed by atoms with Crippen molar-refractivity contribution in [2.45, 2.75) is 17.9 Å². The van der Waals surface area contributed by atoms with Gasteiger partial charge in [-0.2, -0.15) is 4.99 Å². The van der Waals surface area contributed by atoms with Crippen LogP contribution in [-0.2, 0) is 27.7 Å². The minimum absolute atomic E-state index is 0.127. The molecule has 5 rings (SSSR count). The largest absolute Gasteiger partial charge is 0.493 e. The van der Waals surface area contributed by atoms with Crippen molar-refractivity contribution in [3.8, 4) is 11.5 Å². The maximum Gasteiger partial charge on any atom is 0.279 e. The van der Waals surface area contributed by atoms with Gasteiger partial charge in [0, 0.05) is 37.9 Å². The minimum atomic E-state index is -3.75. The predicted octanol–water partition coefficient (Wildman–Crippen LogP) is 3.86. The van der Waals surface area contributed by atoms with Gasteiger partial charge in [-0.25, -0.2) is 8.42 Å². The van der Waals surface area contributed by atoms with E-state index in [0.717, 1.165) is 15.8 Å². The van der Waals surface area contributed by atoms with Gasteiger partial charge in [-0.05, 0) is 42.3 Å². The third-order valence-corrected chi connectivity index (χ3v) is 9.31. The molecular formula is C27H27N3O6S2. The number of anilines is 1. The van der Waals surface area contributed by atoms with Crippen molar-refractivity contribution >= 4 is 43.2 Å². The fraction of sp³-hybridized carbons (Fsp3) is 0.259. The van der Waals surface area contributed by atoms with E-state index in [1.165, 1.54) is 39.9 Å². The summed E-state index contributed by atoms with van der Waals surface area (Å²) in [5.74, 6) is 0.673. The molecule has 3 aromatic carbocycles. The highest BCUT2D eigenvalue weighted by Crippen LogP contribution is 2.34. The van der Waals surface area contributed by atoms with Gasteiger partial charge in [0.05, 0.1) is 41.6 Å². The van der Waals surface area contributed by atoms with E-state index in [1.54, 1.807) is 21.3 Å². The van der Waals surface area contributed by atoms with Crippen molar-refractivity contribution in [2.24, 2.45) is 4.99 Å². The van der Waals surface area contributed by atoms with Crippen molar-refractivity contribution in [1.29, 1.82) is 0 Å². The molecule has 0 saturated carbocycles. The van der Waals surface area contributed by atoms with Gasteiger partial charge in [-0.1, -0.05) is 29.5 Å². The summed E-state index contributed by atoms with van der Waals surface area (Å²) in [6, 6.07) is 17.1. The Kier molecular flexibility index (Phi) is 7.24. The zero-order valence-electron chi connectivity index (χ0n) is 21.2. The van der Waals surface area contributed by atoms with E-state index in [4.69, 9.17) is 14.2 Å². The van der Waals surface area contributed by atoms with E-state index < -0.39 is 15.9 Å². The van der Waals surface area contributed by atoms with Crippen LogP contribution in [0.15, 0.2) is 70.6 Å². The van der Waals surface area contributed by atoms with Crippen LogP contribution in [-0.4, -0.2) is 53.4 Å². The maximum absolute atomic E-state index is 13.3. The molecule has 2 heterocycles. The Labute approximate surface area is 224 Å². The Hall–Kier alpha value is -3.67. The molecule has 198 valence electrons. The Morgan fingerprint density at radius 3 is 2.42 bits per heavy atom. The number of thiazole rings is 1. The summed E-state index contributed by atoms with van der Waals surface area (Å²) < 4.78 is 46.9. The molecule has 0 spiro atoms. The lowest BCUT2D eigenvalue weighted by Gasteiger charge is -2.19. The third-order valence-electron chi connectivity index (χ3n) is 6.44. The summed E-state index contributed by atoms with van der Waals surface area (Å²) in [5, 5.41) is 0. The Morgan fingerprint density at radius 1 is 1.00 bits per heavy atom. The van der Waals surface area contributed by atoms with Crippen LogP contribution in [0.4, 0.5) is 5.69 Å². The molecule has 0 fully saturated rings. The molecule has 1 aliphatic rings. The van der Waals surface area contributed by atoms with E-state index in [0.29, 0.717) is 48.1 Å². The second kappa shape index (κ2) is 10.6. The van der Waals surface area contributed by atoms with Crippen molar-refractivity contribution in [3.05, 3.63) is 76.6 Å². The quantitative estimate of drug-likeness (QED) is 0.329. The van der Waals surface area contributed by atoms with Gasteiger partial charge < -0.3 is 18.8 Å². The average Bonchev–Trinajstić information content (AvgIpc) is 3.52. The smallest absolute Gasteiger partial charge is 0.279 e. The van der Waals surface area contributed by atoms with Crippen LogP contribution in [0.25, 0.3) is 10.2 Å². The second-order valence-corrected chi connectivity index (χ2v) is 11.5. The van der Waals surface area contributed by atoms with Gasteiger partial charge in [0.2, 0.25) is 0 Å². The highest BCUT2D eigenvalue weighted by atomic mass is 32.2. The second-order valence-electron chi connectivity index (χ2n) is 8.60. The van der Waals surface area contributed by atoms with Gasteiger partial charge >= 0.3 is 0 Å². The van der Waals surface area contributed by atoms with Crippen LogP contribution in [0.3, 0.4) is 0 Å². The fourth-order valence-electron chi connectivity index (χ4n) is 4.49. The molecule has 1 amide bonds. The van der Waals surface area contributed by atoms with Crippen LogP contribution in [0.5, 0.6) is 11.5 Å². The monoisotopic (exact) mass is 553 g/mol. The number of methoxy groups -OCH3 is 3. The summed E-state index contributed by atoms with van der Waals surface area (Å²) in [7, 11) is 0.992. The number of amides is 1. The summed E-state index contributed by atoms with van der Waals surface area (Å²) in [6.07, 6.45) is 0.668. The van der Waals surface area contributed by atoms with Gasteiger partial charge in [0.15, 0.2) is 16.3 Å². The van der Waals surface area contributed by atoms with Gasteiger partial charge in [-0.15, -0.1) is 0 Å². The van der Waals surface area contributed by atoms with E-state index in [-0.39, 0.29) is 10.5 Å². The van der Waals surface area contributed by atoms with Crippen LogP contribution < -0.4 is 18.6 Å². The number of benzene rings is 3. The first-order valence-electron chi connectivity index (χ1n) is 11.9. The standard InChI is InChI=1S/C27H27N3O6S2/c1-34-15-14-29-22-16-23(35-2)24(36-3)17-25(22)37-27(29)28-26(31)19-8-10-20(11-9-19)38(32,33)30-13-12-18-6-4-5-7-21(18)30/h4-11,16-17H,12-15H2,1-3H3. The van der Waals surface area contributed by atoms with E-state index >= 15 is 0 Å². The molecule has 0 N–H and O–H groups in total. The first kappa shape index (κ1) is 26.0. The number of sulfonamides is 1. The van der Waals surface area contributed by atoms with E-state index in [2.05, 4.69) is 4.99 Å². The van der Waals surface area contributed by atoms with Gasteiger partial charge in [0.1, 0.15) is 0 Å². The molecule has 11 heteroatoms. The lowest BCUT2D eigenvalue weighted by atomic mass is 10.2. The highest BCUT2D eigenvalue weighted by molar-refractivity contribution is 7.92. The molecule has 1 aliphatic heterocycles. The summed E-state index contributed by atoms with van der Waals surface area (Å²) in [4.78, 5) is 18.1. The van der Waals surface area contributed by atoms with Gasteiger partial charge in [0.25, 0.3) is 15.9 Å². The SMILES string of the molecule is COCCn1c(=NC(=O)c2ccc(S(=O)(=O)N3CCc4ccccc43)cc2)sc2cc(OC)c(OC)cc21. The molecule has 0 unspecified atom stereocenters. The highest BCUT2D eigenvalue weighted by Gasteiger charge is 2.30. The zero-order valence-corrected chi connectivity index (χ0v) is 22.8. The maximum atomic E-state index is 13.3. The number of carbonyl (C=O) groups is 1. The summed E-state index contributed by atoms with van der Waals surface area (Å²) >= 11 is 1.35. The van der Waals surface area contributed by atoms with Crippen molar-refractivity contribution in [2.75, 3.05) is 38.8 Å². The molecule has 4 aromatic rings. The lowest BCUT2D eigenvalue weighted by Crippen LogP contribution is -2.29. The summed E-state index contributed by atoms with van der Waals surface area (Å²) in [5.41, 5.74) is 2.82. The van der Waals surface area contributed by atoms with Crippen LogP contribution in [0.1, 0.15) is 15.9 Å². The number of carbonyl (C=O) groups excluding carboxylic acids is 1. The van der Waals surface area contributed by atoms with E-state index in [1.807, 2.05) is 41.0 Å². The number of aromatic nitrogens is 1. The fourth-order valence-corrected chi connectivity index (χ4v) is 7.05.